The summed E-state index contributed by atoms with van der Waals surface area (Å²) in [4.78, 5) is 14.5. The van der Waals surface area contributed by atoms with Gasteiger partial charge >= 0.3 is 0 Å². The Bertz CT molecular complexity index is 815. The molecule has 0 atom stereocenters. The summed E-state index contributed by atoms with van der Waals surface area (Å²) in [7, 11) is 0. The largest absolute Gasteiger partial charge is 0.504 e. The van der Waals surface area contributed by atoms with Crippen LogP contribution >= 0.6 is 11.6 Å². The predicted octanol–water partition coefficient (Wildman–Crippen LogP) is 4.50. The van der Waals surface area contributed by atoms with Crippen molar-refractivity contribution in [3.63, 3.8) is 0 Å². The van der Waals surface area contributed by atoms with Crippen LogP contribution in [0.1, 0.15) is 35.2 Å². The number of hydrogen-bond acceptors (Lipinski definition) is 4. The zero-order valence-electron chi connectivity index (χ0n) is 14.5. The van der Waals surface area contributed by atoms with Gasteiger partial charge < -0.3 is 10.2 Å². The van der Waals surface area contributed by atoms with Crippen LogP contribution in [0.15, 0.2) is 48.5 Å². The van der Waals surface area contributed by atoms with Crippen LogP contribution in [0.2, 0.25) is 5.02 Å². The van der Waals surface area contributed by atoms with E-state index >= 15 is 0 Å². The van der Waals surface area contributed by atoms with Gasteiger partial charge in [-0.3, -0.25) is 9.69 Å². The quantitative estimate of drug-likeness (QED) is 0.579. The van der Waals surface area contributed by atoms with Gasteiger partial charge in [0.1, 0.15) is 0 Å². The summed E-state index contributed by atoms with van der Waals surface area (Å²) < 4.78 is 0. The van der Waals surface area contributed by atoms with Gasteiger partial charge in [0.25, 0.3) is 0 Å². The Morgan fingerprint density at radius 3 is 2.50 bits per heavy atom. The van der Waals surface area contributed by atoms with Gasteiger partial charge in [-0.2, -0.15) is 0 Å². The van der Waals surface area contributed by atoms with Gasteiger partial charge in [-0.15, -0.1) is 0 Å². The maximum Gasteiger partial charge on any atom is 0.163 e. The van der Waals surface area contributed by atoms with E-state index in [4.69, 9.17) is 11.6 Å². The van der Waals surface area contributed by atoms with Crippen molar-refractivity contribution in [1.29, 1.82) is 0 Å². The van der Waals surface area contributed by atoms with Crippen molar-refractivity contribution < 1.29 is 15.0 Å². The van der Waals surface area contributed by atoms with Crippen molar-refractivity contribution >= 4 is 23.0 Å². The lowest BCUT2D eigenvalue weighted by Crippen LogP contribution is -2.29. The molecule has 0 aliphatic carbocycles. The van der Waals surface area contributed by atoms with Gasteiger partial charge in [0, 0.05) is 30.1 Å². The molecule has 1 heterocycles. The van der Waals surface area contributed by atoms with E-state index in [1.807, 2.05) is 12.1 Å². The maximum atomic E-state index is 12.2. The molecule has 136 valence electrons. The molecule has 0 radical (unpaired) electrons. The number of carbonyl (C=O) groups excluding carboxylic acids is 1. The third-order valence-electron chi connectivity index (χ3n) is 4.68. The number of benzene rings is 2. The monoisotopic (exact) mass is 371 g/mol. The van der Waals surface area contributed by atoms with Crippen molar-refractivity contribution in [1.82, 2.24) is 4.90 Å². The van der Waals surface area contributed by atoms with Crippen molar-refractivity contribution in [3.05, 3.63) is 64.7 Å². The summed E-state index contributed by atoms with van der Waals surface area (Å²) >= 11 is 5.94. The lowest BCUT2D eigenvalue weighted by molar-refractivity contribution is 0.0975. The van der Waals surface area contributed by atoms with Gasteiger partial charge in [-0.05, 0) is 60.9 Å². The molecule has 2 N–H and O–H groups in total. The second-order valence-corrected chi connectivity index (χ2v) is 6.95. The second-order valence-electron chi connectivity index (χ2n) is 6.52. The Morgan fingerprint density at radius 2 is 1.85 bits per heavy atom. The minimum atomic E-state index is -0.258. The molecule has 0 amide bonds. The van der Waals surface area contributed by atoms with E-state index in [0.717, 1.165) is 37.5 Å². The van der Waals surface area contributed by atoms with E-state index in [9.17, 15) is 15.0 Å². The van der Waals surface area contributed by atoms with E-state index in [-0.39, 0.29) is 17.3 Å². The molecule has 0 aromatic heterocycles. The van der Waals surface area contributed by atoms with Gasteiger partial charge in [0.2, 0.25) is 0 Å². The molecule has 1 aliphatic rings. The topological polar surface area (TPSA) is 60.8 Å². The van der Waals surface area contributed by atoms with Crippen molar-refractivity contribution in [2.24, 2.45) is 0 Å². The molecule has 0 saturated heterocycles. The third-order valence-corrected chi connectivity index (χ3v) is 4.94. The van der Waals surface area contributed by atoms with Crippen molar-refractivity contribution in [2.75, 3.05) is 19.6 Å². The lowest BCUT2D eigenvalue weighted by Gasteiger charge is -2.26. The third kappa shape index (κ3) is 4.65. The summed E-state index contributed by atoms with van der Waals surface area (Å²) in [5.74, 6) is -0.486. The van der Waals surface area contributed by atoms with Crippen LogP contribution in [0, 0.1) is 0 Å². The van der Waals surface area contributed by atoms with Crippen LogP contribution in [0.4, 0.5) is 0 Å². The zero-order valence-corrected chi connectivity index (χ0v) is 15.2. The van der Waals surface area contributed by atoms with Crippen LogP contribution < -0.4 is 0 Å². The van der Waals surface area contributed by atoms with E-state index in [1.165, 1.54) is 23.3 Å². The Kier molecular flexibility index (Phi) is 5.96. The van der Waals surface area contributed by atoms with Gasteiger partial charge in [0.05, 0.1) is 0 Å². The number of carbonyl (C=O) groups is 1. The van der Waals surface area contributed by atoms with Crippen LogP contribution in [0.3, 0.4) is 0 Å². The van der Waals surface area contributed by atoms with Gasteiger partial charge in [-0.1, -0.05) is 29.8 Å². The average Bonchev–Trinajstić information content (AvgIpc) is 2.65. The molecule has 3 rings (SSSR count). The molecule has 0 bridgehead atoms. The molecule has 5 heteroatoms. The lowest BCUT2D eigenvalue weighted by atomic mass is 9.99. The highest BCUT2D eigenvalue weighted by Crippen LogP contribution is 2.26. The van der Waals surface area contributed by atoms with Crippen LogP contribution in [0.25, 0.3) is 5.57 Å². The minimum absolute atomic E-state index is 0.0188. The first-order valence-corrected chi connectivity index (χ1v) is 9.13. The highest BCUT2D eigenvalue weighted by atomic mass is 35.5. The van der Waals surface area contributed by atoms with Crippen molar-refractivity contribution in [3.8, 4) is 11.5 Å². The van der Waals surface area contributed by atoms with Crippen LogP contribution in [-0.4, -0.2) is 40.5 Å². The summed E-state index contributed by atoms with van der Waals surface area (Å²) in [5, 5.41) is 19.5. The molecule has 0 spiro atoms. The zero-order chi connectivity index (χ0) is 18.5. The smallest absolute Gasteiger partial charge is 0.163 e. The van der Waals surface area contributed by atoms with E-state index in [0.29, 0.717) is 12.0 Å². The van der Waals surface area contributed by atoms with Gasteiger partial charge in [0.15, 0.2) is 17.3 Å². The summed E-state index contributed by atoms with van der Waals surface area (Å²) in [6, 6.07) is 12.1. The van der Waals surface area contributed by atoms with Crippen LogP contribution in [0.5, 0.6) is 11.5 Å². The number of halogens is 1. The number of aromatic hydroxyl groups is 2. The fraction of sp³-hybridized carbons (Fsp3) is 0.286. The number of Topliss-reactive ketones (excluding diaryl/α,β-unsaturated/α-hetero) is 1. The molecule has 4 nitrogen and oxygen atoms in total. The number of phenolic OH excluding ortho intramolecular Hbond substituents is 2. The normalized spacial score (nSPS) is 14.9. The van der Waals surface area contributed by atoms with Crippen LogP contribution in [-0.2, 0) is 0 Å². The minimum Gasteiger partial charge on any atom is -0.504 e. The summed E-state index contributed by atoms with van der Waals surface area (Å²) in [5.41, 5.74) is 2.99. The maximum absolute atomic E-state index is 12.2. The number of phenols is 2. The van der Waals surface area contributed by atoms with E-state index < -0.39 is 0 Å². The summed E-state index contributed by atoms with van der Waals surface area (Å²) in [6.07, 6.45) is 4.42. The molecule has 0 unspecified atom stereocenters. The molecular formula is C21H22ClNO3. The second kappa shape index (κ2) is 8.39. The molecule has 26 heavy (non-hydrogen) atoms. The molecule has 0 fully saturated rings. The SMILES string of the molecule is O=C(CCCN1CC=C(c2ccc(Cl)cc2)CC1)c1ccc(O)c(O)c1. The highest BCUT2D eigenvalue weighted by molar-refractivity contribution is 6.30. The Morgan fingerprint density at radius 1 is 1.08 bits per heavy atom. The number of ketones is 1. The fourth-order valence-corrected chi connectivity index (χ4v) is 3.27. The molecule has 0 saturated carbocycles. The highest BCUT2D eigenvalue weighted by Gasteiger charge is 2.14. The first-order chi connectivity index (χ1) is 12.5. The number of nitrogens with zero attached hydrogens (tertiary/aromatic N) is 1. The van der Waals surface area contributed by atoms with E-state index in [2.05, 4.69) is 23.1 Å². The first-order valence-electron chi connectivity index (χ1n) is 8.75. The predicted molar refractivity (Wildman–Crippen MR) is 104 cm³/mol. The molecular weight excluding hydrogens is 350 g/mol. The Balaban J connectivity index is 1.47. The number of rotatable bonds is 6. The van der Waals surface area contributed by atoms with Crippen molar-refractivity contribution in [2.45, 2.75) is 19.3 Å². The van der Waals surface area contributed by atoms with E-state index in [1.54, 1.807) is 6.07 Å². The molecule has 2 aromatic rings. The first kappa shape index (κ1) is 18.5. The summed E-state index contributed by atoms with van der Waals surface area (Å²) in [6.45, 7) is 2.72. The molecule has 2 aromatic carbocycles. The Labute approximate surface area is 158 Å². The number of hydrogen-bond donors (Lipinski definition) is 2. The fourth-order valence-electron chi connectivity index (χ4n) is 3.14. The van der Waals surface area contributed by atoms with Gasteiger partial charge in [-0.25, -0.2) is 0 Å². The Hall–Kier alpha value is -2.30. The molecule has 1 aliphatic heterocycles. The average molecular weight is 372 g/mol. The standard InChI is InChI=1S/C21H22ClNO3/c22-18-6-3-15(4-7-18)16-9-12-23(13-10-16)11-1-2-19(24)17-5-8-20(25)21(26)14-17/h3-9,14,25-26H,1-2,10-13H2.